The minimum absolute atomic E-state index is 0.0117. The molecule has 88 heavy (non-hydrogen) atoms. The Morgan fingerprint density at radius 1 is 0.568 bits per heavy atom. The highest BCUT2D eigenvalue weighted by molar-refractivity contribution is 7.98. The van der Waals surface area contributed by atoms with E-state index in [-0.39, 0.29) is 125 Å². The maximum atomic E-state index is 14.6. The lowest BCUT2D eigenvalue weighted by Gasteiger charge is -2.32. The van der Waals surface area contributed by atoms with Crippen LogP contribution in [0.4, 0.5) is 0 Å². The van der Waals surface area contributed by atoms with E-state index in [9.17, 15) is 43.2 Å². The number of aryl methyl sites for hydroxylation is 1. The van der Waals surface area contributed by atoms with Crippen LogP contribution in [0.25, 0.3) is 0 Å². The van der Waals surface area contributed by atoms with Gasteiger partial charge in [0, 0.05) is 81.0 Å². The van der Waals surface area contributed by atoms with Crippen LogP contribution in [0.2, 0.25) is 0 Å². The van der Waals surface area contributed by atoms with Gasteiger partial charge in [-0.1, -0.05) is 123 Å². The van der Waals surface area contributed by atoms with Crippen LogP contribution in [0, 0.1) is 17.8 Å². The average molecular weight is 1230 g/mol. The molecular formula is C68H92N10O9S. The van der Waals surface area contributed by atoms with Gasteiger partial charge in [-0.3, -0.25) is 43.2 Å². The second kappa shape index (κ2) is 35.4. The maximum absolute atomic E-state index is 14.6. The fraction of sp³-hybridized carbons (Fsp3) is 0.515. The number of primary amides is 1. The second-order valence-electron chi connectivity index (χ2n) is 24.6. The van der Waals surface area contributed by atoms with Gasteiger partial charge in [-0.2, -0.15) is 11.8 Å². The van der Waals surface area contributed by atoms with Crippen molar-refractivity contribution in [3.8, 4) is 0 Å². The average Bonchev–Trinajstić information content (AvgIpc) is 4.41. The van der Waals surface area contributed by atoms with Gasteiger partial charge >= 0.3 is 0 Å². The molecule has 19 nitrogen and oxygen atoms in total. The molecule has 0 unspecified atom stereocenters. The molecule has 20 heteroatoms. The Morgan fingerprint density at radius 3 is 1.56 bits per heavy atom. The number of fused-ring (bicyclic) bond motifs is 29. The monoisotopic (exact) mass is 1220 g/mol. The van der Waals surface area contributed by atoms with Gasteiger partial charge < -0.3 is 52.3 Å². The third kappa shape index (κ3) is 24.9. The van der Waals surface area contributed by atoms with Gasteiger partial charge in [-0.25, -0.2) is 0 Å². The zero-order valence-electron chi connectivity index (χ0n) is 51.4. The van der Waals surface area contributed by atoms with Crippen molar-refractivity contribution in [3.63, 3.8) is 0 Å². The van der Waals surface area contributed by atoms with Crippen molar-refractivity contribution in [1.82, 2.24) is 40.9 Å². The molecule has 4 atom stereocenters. The van der Waals surface area contributed by atoms with E-state index >= 15 is 0 Å². The van der Waals surface area contributed by atoms with Crippen molar-refractivity contribution < 1.29 is 43.2 Å². The third-order valence-corrected chi connectivity index (χ3v) is 17.1. The predicted molar refractivity (Wildman–Crippen MR) is 342 cm³/mol. The van der Waals surface area contributed by atoms with E-state index in [4.69, 9.17) is 11.5 Å². The molecule has 2 saturated carbocycles. The fourth-order valence-corrected chi connectivity index (χ4v) is 12.1. The number of nitrogens with zero attached hydrogens (tertiary/aromatic N) is 4. The number of nitrogens with one attached hydrogen (secondary N) is 4. The van der Waals surface area contributed by atoms with Crippen LogP contribution >= 0.6 is 11.8 Å². The largest absolute Gasteiger partial charge is 0.368 e. The summed E-state index contributed by atoms with van der Waals surface area (Å²) in [7, 11) is 0. The normalized spacial score (nSPS) is 20.5. The van der Waals surface area contributed by atoms with Crippen LogP contribution in [-0.2, 0) is 63.4 Å². The first kappa shape index (κ1) is 67.9. The molecule has 4 aromatic carbocycles. The zero-order chi connectivity index (χ0) is 62.8. The number of unbranched alkanes of at least 4 members (excludes halogenated alkanes) is 1. The fourth-order valence-electron chi connectivity index (χ4n) is 11.2. The molecule has 9 amide bonds. The van der Waals surface area contributed by atoms with Crippen molar-refractivity contribution in [1.29, 1.82) is 0 Å². The minimum atomic E-state index is -0.723. The highest BCUT2D eigenvalue weighted by Crippen LogP contribution is 2.34. The first-order valence-electron chi connectivity index (χ1n) is 31.5. The summed E-state index contributed by atoms with van der Waals surface area (Å²) < 4.78 is 0. The maximum Gasteiger partial charge on any atom is 0.251 e. The Bertz CT molecular complexity index is 2910. The van der Waals surface area contributed by atoms with E-state index in [0.717, 1.165) is 47.9 Å². The van der Waals surface area contributed by atoms with E-state index in [1.54, 1.807) is 12.1 Å². The number of hydrogen-bond acceptors (Lipinski definition) is 11. The van der Waals surface area contributed by atoms with Crippen LogP contribution in [0.5, 0.6) is 0 Å². The molecule has 4 aromatic rings. The molecule has 8 N–H and O–H groups in total. The summed E-state index contributed by atoms with van der Waals surface area (Å²) in [5.74, 6) is -2.26. The lowest BCUT2D eigenvalue weighted by Crippen LogP contribution is -2.55. The van der Waals surface area contributed by atoms with E-state index in [1.165, 1.54) is 31.4 Å². The highest BCUT2D eigenvalue weighted by atomic mass is 32.2. The number of amides is 9. The van der Waals surface area contributed by atoms with Gasteiger partial charge in [-0.15, -0.1) is 0 Å². The van der Waals surface area contributed by atoms with Gasteiger partial charge in [0.05, 0.1) is 38.3 Å². The molecule has 2 aliphatic heterocycles. The Kier molecular flexibility index (Phi) is 27.3. The summed E-state index contributed by atoms with van der Waals surface area (Å²) >= 11 is 1.50. The zero-order valence-corrected chi connectivity index (χ0v) is 52.2. The quantitative estimate of drug-likeness (QED) is 0.0499. The SMILES string of the molecule is CC(C)C[C@H]1CN(C(=O)CC2CC2)CC(=O)N[C@@H](CCCCN)CN(C(=O)CCc2ccccc2)CC(=O)N[C@H](Cc2ccccc2)CN(CC(N)=O)C(=O)CCSCc2ccc(cc2)C(=O)N[C@H](Cc2ccccc2)CN(C(=O)CC2CC2)CC(=O)N1. The standard InChI is InChI=1S/C68H92N10O9S/c1-48(2)34-57-40-77(66(85)37-52-21-22-52)45-61(80)71-56(20-12-13-32-69)39-76(64(83)30-27-49-14-6-3-7-15-49)44-62(81)73-58(35-50-16-8-4-9-17-50)41-75(43-60(70)79)65(84)31-33-88-47-54-25-28-55(29-26-54)68(87)74-59(36-51-18-10-5-11-19-51)42-78(46-63(82)72-57)67(86)38-53-23-24-53/h3-11,14-19,25-26,28-29,48,52-53,56-59H,12-13,20-24,27,30-47,69H2,1-2H3,(H2,70,79)(H,71,80)(H,72,82)(H,73,81)(H,74,87)/t56-,57-,58+,59+/m0/s1. The van der Waals surface area contributed by atoms with Gasteiger partial charge in [0.15, 0.2) is 0 Å². The van der Waals surface area contributed by atoms with Gasteiger partial charge in [0.25, 0.3) is 5.91 Å². The Hall–Kier alpha value is -7.58. The van der Waals surface area contributed by atoms with Crippen LogP contribution < -0.4 is 32.7 Å². The predicted octanol–water partition coefficient (Wildman–Crippen LogP) is 5.57. The summed E-state index contributed by atoms with van der Waals surface area (Å²) in [6.45, 7) is 2.93. The molecule has 4 aliphatic rings. The number of benzene rings is 4. The van der Waals surface area contributed by atoms with E-state index in [0.29, 0.717) is 62.1 Å². The lowest BCUT2D eigenvalue weighted by molar-refractivity contribution is -0.139. The minimum Gasteiger partial charge on any atom is -0.368 e. The summed E-state index contributed by atoms with van der Waals surface area (Å²) in [6, 6.07) is 33.1. The third-order valence-electron chi connectivity index (χ3n) is 16.1. The molecule has 2 bridgehead atoms. The number of nitrogens with two attached hydrogens (primary N) is 2. The summed E-state index contributed by atoms with van der Waals surface area (Å²) in [5, 5.41) is 12.6. The Labute approximate surface area is 523 Å². The molecule has 2 fully saturated rings. The number of hydrogen-bond donors (Lipinski definition) is 6. The van der Waals surface area contributed by atoms with Crippen molar-refractivity contribution in [3.05, 3.63) is 143 Å². The molecule has 0 spiro atoms. The van der Waals surface area contributed by atoms with E-state index in [1.807, 2.05) is 117 Å². The first-order valence-corrected chi connectivity index (χ1v) is 32.7. The molecule has 474 valence electrons. The highest BCUT2D eigenvalue weighted by Gasteiger charge is 2.34. The second-order valence-corrected chi connectivity index (χ2v) is 25.7. The van der Waals surface area contributed by atoms with E-state index < -0.39 is 54.3 Å². The molecule has 8 rings (SSSR count). The summed E-state index contributed by atoms with van der Waals surface area (Å²) in [5.41, 5.74) is 15.8. The molecule has 0 aromatic heterocycles. The van der Waals surface area contributed by atoms with Crippen LogP contribution in [0.15, 0.2) is 115 Å². The number of carbonyl (C=O) groups is 9. The van der Waals surface area contributed by atoms with Gasteiger partial charge in [0.2, 0.25) is 47.3 Å². The molecule has 2 heterocycles. The first-order chi connectivity index (χ1) is 42.4. The molecule has 0 saturated heterocycles. The van der Waals surface area contributed by atoms with Crippen LogP contribution in [-0.4, -0.2) is 162 Å². The van der Waals surface area contributed by atoms with Crippen molar-refractivity contribution in [2.24, 2.45) is 29.2 Å². The number of rotatable bonds is 19. The Morgan fingerprint density at radius 2 is 1.05 bits per heavy atom. The Balaban J connectivity index is 1.21. The van der Waals surface area contributed by atoms with Crippen LogP contribution in [0.3, 0.4) is 0 Å². The summed E-state index contributed by atoms with van der Waals surface area (Å²) in [6.07, 6.45) is 7.33. The molecule has 2 aliphatic carbocycles. The smallest absolute Gasteiger partial charge is 0.251 e. The molecular weight excluding hydrogens is 1130 g/mol. The van der Waals surface area contributed by atoms with Crippen LogP contribution in [0.1, 0.15) is 124 Å². The van der Waals surface area contributed by atoms with Crippen molar-refractivity contribution in [2.45, 2.75) is 140 Å². The van der Waals surface area contributed by atoms with Gasteiger partial charge in [0.1, 0.15) is 0 Å². The lowest BCUT2D eigenvalue weighted by atomic mass is 10.0. The van der Waals surface area contributed by atoms with E-state index in [2.05, 4.69) is 21.3 Å². The summed E-state index contributed by atoms with van der Waals surface area (Å²) in [4.78, 5) is 134. The van der Waals surface area contributed by atoms with Crippen molar-refractivity contribution in [2.75, 3.05) is 64.7 Å². The van der Waals surface area contributed by atoms with Gasteiger partial charge in [-0.05, 0) is 123 Å². The number of thioether (sulfide) groups is 1. The molecule has 0 radical (unpaired) electrons. The van der Waals surface area contributed by atoms with Crippen molar-refractivity contribution >= 4 is 64.9 Å². The number of carbonyl (C=O) groups excluding carboxylic acids is 9. The topological polar surface area (TPSA) is 267 Å².